The Kier molecular flexibility index (Phi) is 2.16. The van der Waals surface area contributed by atoms with Crippen LogP contribution in [0.1, 0.15) is 10.4 Å². The summed E-state index contributed by atoms with van der Waals surface area (Å²) >= 11 is 0. The van der Waals surface area contributed by atoms with E-state index in [1.54, 1.807) is 18.2 Å². The van der Waals surface area contributed by atoms with E-state index >= 15 is 0 Å². The lowest BCUT2D eigenvalue weighted by Crippen LogP contribution is -2.01. The fourth-order valence-corrected chi connectivity index (χ4v) is 1.95. The number of carboxylic acids is 1. The van der Waals surface area contributed by atoms with E-state index in [0.29, 0.717) is 22.8 Å². The number of aromatic nitrogens is 1. The molecule has 2 heterocycles. The zero-order valence-electron chi connectivity index (χ0n) is 9.27. The van der Waals surface area contributed by atoms with Gasteiger partial charge in [-0.15, -0.1) is 0 Å². The Morgan fingerprint density at radius 2 is 2.11 bits per heavy atom. The molecule has 0 spiro atoms. The van der Waals surface area contributed by atoms with Crippen LogP contribution in [-0.4, -0.2) is 22.9 Å². The van der Waals surface area contributed by atoms with Crippen LogP contribution < -0.4 is 15.2 Å². The molecule has 0 saturated heterocycles. The second-order valence-corrected chi connectivity index (χ2v) is 3.87. The highest BCUT2D eigenvalue weighted by Gasteiger charge is 2.20. The SMILES string of the molecule is Nc1c[nH]c(-c2ccc3c(c2)OCO3)c1C(=O)O. The Balaban J connectivity index is 2.13. The first-order valence-corrected chi connectivity index (χ1v) is 5.27. The number of aromatic carboxylic acids is 1. The van der Waals surface area contributed by atoms with E-state index < -0.39 is 5.97 Å². The standard InChI is InChI=1S/C12H10N2O4/c13-7-4-14-11(10(7)12(15)16)6-1-2-8-9(3-6)18-5-17-8/h1-4,14H,5,13H2,(H,15,16). The predicted octanol–water partition coefficient (Wildman–Crippen LogP) is 1.69. The molecule has 4 N–H and O–H groups in total. The summed E-state index contributed by atoms with van der Waals surface area (Å²) in [5, 5.41) is 9.13. The molecule has 1 aliphatic rings. The summed E-state index contributed by atoms with van der Waals surface area (Å²) in [5.74, 6) is 0.175. The molecule has 0 atom stereocenters. The van der Waals surface area contributed by atoms with Crippen LogP contribution in [0.3, 0.4) is 0 Å². The van der Waals surface area contributed by atoms with Gasteiger partial charge in [-0.2, -0.15) is 0 Å². The molecule has 2 aromatic rings. The van der Waals surface area contributed by atoms with Crippen LogP contribution in [0.4, 0.5) is 5.69 Å². The van der Waals surface area contributed by atoms with Crippen molar-refractivity contribution in [2.45, 2.75) is 0 Å². The van der Waals surface area contributed by atoms with Crippen molar-refractivity contribution in [1.82, 2.24) is 4.98 Å². The van der Waals surface area contributed by atoms with Gasteiger partial charge in [-0.1, -0.05) is 0 Å². The van der Waals surface area contributed by atoms with Crippen LogP contribution in [0.25, 0.3) is 11.3 Å². The van der Waals surface area contributed by atoms with Gasteiger partial charge in [0.2, 0.25) is 6.79 Å². The summed E-state index contributed by atoms with van der Waals surface area (Å²) in [4.78, 5) is 14.0. The van der Waals surface area contributed by atoms with Crippen molar-refractivity contribution in [2.24, 2.45) is 0 Å². The van der Waals surface area contributed by atoms with Crippen LogP contribution in [-0.2, 0) is 0 Å². The van der Waals surface area contributed by atoms with Crippen LogP contribution in [0.15, 0.2) is 24.4 Å². The van der Waals surface area contributed by atoms with Gasteiger partial charge in [-0.05, 0) is 18.2 Å². The molecule has 1 aliphatic heterocycles. The van der Waals surface area contributed by atoms with Crippen molar-refractivity contribution in [3.63, 3.8) is 0 Å². The normalized spacial score (nSPS) is 12.7. The van der Waals surface area contributed by atoms with Gasteiger partial charge in [0.05, 0.1) is 11.4 Å². The molecule has 0 fully saturated rings. The summed E-state index contributed by atoms with van der Waals surface area (Å²) in [7, 11) is 0. The number of ether oxygens (including phenoxy) is 2. The Hall–Kier alpha value is -2.63. The van der Waals surface area contributed by atoms with Gasteiger partial charge in [0.25, 0.3) is 0 Å². The molecule has 1 aromatic heterocycles. The molecule has 1 aromatic carbocycles. The molecule has 6 nitrogen and oxygen atoms in total. The molecule has 0 bridgehead atoms. The number of fused-ring (bicyclic) bond motifs is 1. The second-order valence-electron chi connectivity index (χ2n) is 3.87. The average Bonchev–Trinajstić information content (AvgIpc) is 2.93. The fraction of sp³-hybridized carbons (Fsp3) is 0.0833. The Morgan fingerprint density at radius 3 is 2.89 bits per heavy atom. The van der Waals surface area contributed by atoms with Crippen LogP contribution in [0.2, 0.25) is 0 Å². The molecule has 0 saturated carbocycles. The average molecular weight is 246 g/mol. The van der Waals surface area contributed by atoms with Gasteiger partial charge in [0.15, 0.2) is 11.5 Å². The largest absolute Gasteiger partial charge is 0.478 e. The van der Waals surface area contributed by atoms with E-state index in [0.717, 1.165) is 0 Å². The van der Waals surface area contributed by atoms with Gasteiger partial charge in [-0.25, -0.2) is 4.79 Å². The number of nitrogens with one attached hydrogen (secondary N) is 1. The molecule has 0 radical (unpaired) electrons. The van der Waals surface area contributed by atoms with E-state index in [-0.39, 0.29) is 18.0 Å². The first-order chi connectivity index (χ1) is 8.66. The maximum Gasteiger partial charge on any atom is 0.340 e. The third kappa shape index (κ3) is 1.46. The molecular formula is C12H10N2O4. The molecule has 6 heteroatoms. The molecule has 92 valence electrons. The zero-order valence-corrected chi connectivity index (χ0v) is 9.27. The number of anilines is 1. The van der Waals surface area contributed by atoms with Gasteiger partial charge in [-0.3, -0.25) is 0 Å². The smallest absolute Gasteiger partial charge is 0.340 e. The Bertz CT molecular complexity index is 633. The summed E-state index contributed by atoms with van der Waals surface area (Å²) in [6, 6.07) is 5.21. The topological polar surface area (TPSA) is 97.6 Å². The quantitative estimate of drug-likeness (QED) is 0.749. The number of H-pyrrole nitrogens is 1. The minimum absolute atomic E-state index is 0.0638. The monoisotopic (exact) mass is 246 g/mol. The predicted molar refractivity (Wildman–Crippen MR) is 63.7 cm³/mol. The summed E-state index contributed by atoms with van der Waals surface area (Å²) in [6.45, 7) is 0.178. The number of aromatic amines is 1. The summed E-state index contributed by atoms with van der Waals surface area (Å²) in [5.41, 5.74) is 7.04. The Labute approximate surface area is 102 Å². The summed E-state index contributed by atoms with van der Waals surface area (Å²) < 4.78 is 10.5. The van der Waals surface area contributed by atoms with Crippen molar-refractivity contribution in [3.8, 4) is 22.8 Å². The number of hydrogen-bond acceptors (Lipinski definition) is 4. The number of carbonyl (C=O) groups is 1. The molecular weight excluding hydrogens is 236 g/mol. The minimum Gasteiger partial charge on any atom is -0.478 e. The van der Waals surface area contributed by atoms with Crippen LogP contribution in [0, 0.1) is 0 Å². The lowest BCUT2D eigenvalue weighted by atomic mass is 10.1. The third-order valence-corrected chi connectivity index (χ3v) is 2.79. The van der Waals surface area contributed by atoms with Gasteiger partial charge < -0.3 is 25.3 Å². The highest BCUT2D eigenvalue weighted by atomic mass is 16.7. The maximum atomic E-state index is 11.2. The van der Waals surface area contributed by atoms with Crippen molar-refractivity contribution in [2.75, 3.05) is 12.5 Å². The van der Waals surface area contributed by atoms with E-state index in [1.165, 1.54) is 6.20 Å². The van der Waals surface area contributed by atoms with Crippen molar-refractivity contribution >= 4 is 11.7 Å². The van der Waals surface area contributed by atoms with Gasteiger partial charge in [0.1, 0.15) is 5.56 Å². The molecule has 0 amide bonds. The van der Waals surface area contributed by atoms with Crippen molar-refractivity contribution < 1.29 is 19.4 Å². The van der Waals surface area contributed by atoms with E-state index in [1.807, 2.05) is 0 Å². The maximum absolute atomic E-state index is 11.2. The lowest BCUT2D eigenvalue weighted by Gasteiger charge is -2.03. The van der Waals surface area contributed by atoms with E-state index in [2.05, 4.69) is 4.98 Å². The van der Waals surface area contributed by atoms with E-state index in [4.69, 9.17) is 20.3 Å². The molecule has 0 aliphatic carbocycles. The lowest BCUT2D eigenvalue weighted by molar-refractivity contribution is 0.0699. The molecule has 18 heavy (non-hydrogen) atoms. The third-order valence-electron chi connectivity index (χ3n) is 2.79. The van der Waals surface area contributed by atoms with Crippen molar-refractivity contribution in [1.29, 1.82) is 0 Å². The van der Waals surface area contributed by atoms with Crippen LogP contribution in [0.5, 0.6) is 11.5 Å². The Morgan fingerprint density at radius 1 is 1.33 bits per heavy atom. The summed E-state index contributed by atoms with van der Waals surface area (Å²) in [6.07, 6.45) is 1.46. The first-order valence-electron chi connectivity index (χ1n) is 5.27. The van der Waals surface area contributed by atoms with Crippen molar-refractivity contribution in [3.05, 3.63) is 30.0 Å². The minimum atomic E-state index is -1.07. The second kappa shape index (κ2) is 3.69. The zero-order chi connectivity index (χ0) is 12.7. The number of nitrogens with two attached hydrogens (primary N) is 1. The highest BCUT2D eigenvalue weighted by Crippen LogP contribution is 2.37. The van der Waals surface area contributed by atoms with Gasteiger partial charge >= 0.3 is 5.97 Å². The van der Waals surface area contributed by atoms with Gasteiger partial charge in [0, 0.05) is 11.8 Å². The highest BCUT2D eigenvalue weighted by molar-refractivity contribution is 6.00. The van der Waals surface area contributed by atoms with Crippen LogP contribution >= 0.6 is 0 Å². The fourth-order valence-electron chi connectivity index (χ4n) is 1.95. The number of hydrogen-bond donors (Lipinski definition) is 3. The molecule has 3 rings (SSSR count). The first kappa shape index (κ1) is 10.5. The number of rotatable bonds is 2. The molecule has 0 unspecified atom stereocenters. The van der Waals surface area contributed by atoms with E-state index in [9.17, 15) is 4.79 Å². The number of nitrogen functional groups attached to an aromatic ring is 1. The number of carboxylic acid groups (broad SMARTS) is 1. The number of benzene rings is 1.